The summed E-state index contributed by atoms with van der Waals surface area (Å²) in [7, 11) is 4.92. The lowest BCUT2D eigenvalue weighted by molar-refractivity contribution is 0.0783. The maximum Gasteiger partial charge on any atom is 0.258 e. The van der Waals surface area contributed by atoms with Gasteiger partial charge in [-0.2, -0.15) is 5.10 Å². The van der Waals surface area contributed by atoms with Crippen molar-refractivity contribution >= 4 is 17.5 Å². The van der Waals surface area contributed by atoms with Crippen molar-refractivity contribution in [1.82, 2.24) is 14.7 Å². The summed E-state index contributed by atoms with van der Waals surface area (Å²) in [5, 5.41) is 4.81. The van der Waals surface area contributed by atoms with E-state index in [2.05, 4.69) is 5.10 Å². The number of nitrogens with zero attached hydrogens (tertiary/aromatic N) is 3. The minimum Gasteiger partial charge on any atom is -0.497 e. The molecule has 0 N–H and O–H groups in total. The topological polar surface area (TPSA) is 56.6 Å². The molecule has 7 heteroatoms. The minimum absolute atomic E-state index is 0.190. The van der Waals surface area contributed by atoms with Gasteiger partial charge in [-0.1, -0.05) is 41.9 Å². The molecule has 1 amide bonds. The molecule has 0 unspecified atom stereocenters. The fraction of sp³-hybridized carbons (Fsp3) is 0.273. The van der Waals surface area contributed by atoms with Gasteiger partial charge in [-0.3, -0.25) is 4.79 Å². The summed E-state index contributed by atoms with van der Waals surface area (Å²) in [6, 6.07) is 15.4. The van der Waals surface area contributed by atoms with Gasteiger partial charge in [0.1, 0.15) is 16.7 Å². The van der Waals surface area contributed by atoms with Crippen LogP contribution in [0.1, 0.15) is 27.2 Å². The lowest BCUT2D eigenvalue weighted by atomic mass is 10.1. The fourth-order valence-electron chi connectivity index (χ4n) is 3.16. The molecule has 0 bridgehead atoms. The highest BCUT2D eigenvalue weighted by atomic mass is 35.5. The number of rotatable bonds is 7. The molecule has 1 heterocycles. The summed E-state index contributed by atoms with van der Waals surface area (Å²) >= 11 is 6.53. The zero-order chi connectivity index (χ0) is 21.0. The first-order valence-corrected chi connectivity index (χ1v) is 9.55. The van der Waals surface area contributed by atoms with Crippen LogP contribution < -0.4 is 9.47 Å². The Bertz CT molecular complexity index is 1000. The lowest BCUT2D eigenvalue weighted by Gasteiger charge is -2.19. The van der Waals surface area contributed by atoms with E-state index in [0.29, 0.717) is 41.0 Å². The molecule has 1 aromatic heterocycles. The highest BCUT2D eigenvalue weighted by Gasteiger charge is 2.24. The van der Waals surface area contributed by atoms with Crippen molar-refractivity contribution in [2.24, 2.45) is 0 Å². The van der Waals surface area contributed by atoms with E-state index in [4.69, 9.17) is 21.1 Å². The van der Waals surface area contributed by atoms with Crippen molar-refractivity contribution in [2.45, 2.75) is 20.0 Å². The number of hydrogen-bond acceptors (Lipinski definition) is 4. The smallest absolute Gasteiger partial charge is 0.258 e. The molecule has 0 saturated heterocycles. The number of benzene rings is 2. The van der Waals surface area contributed by atoms with E-state index < -0.39 is 0 Å². The SMILES string of the molecule is COc1ccc(CN(C)C(=O)c2c(C)nn(Cc3ccccc3)c2Cl)c(OC)c1. The van der Waals surface area contributed by atoms with Gasteiger partial charge in [0.15, 0.2) is 0 Å². The van der Waals surface area contributed by atoms with Crippen LogP contribution in [0.2, 0.25) is 5.15 Å². The van der Waals surface area contributed by atoms with E-state index in [-0.39, 0.29) is 5.91 Å². The molecule has 0 radical (unpaired) electrons. The largest absolute Gasteiger partial charge is 0.497 e. The second-order valence-corrected chi connectivity index (χ2v) is 7.09. The molecule has 0 spiro atoms. The standard InChI is InChI=1S/C22H24ClN3O3/c1-15-20(21(23)26(24-15)13-16-8-6-5-7-9-16)22(27)25(2)14-17-10-11-18(28-3)12-19(17)29-4/h5-12H,13-14H2,1-4H3. The van der Waals surface area contributed by atoms with Crippen LogP contribution in [-0.2, 0) is 13.1 Å². The third-order valence-corrected chi connectivity index (χ3v) is 5.09. The molecule has 0 saturated carbocycles. The zero-order valence-electron chi connectivity index (χ0n) is 17.0. The molecular formula is C22H24ClN3O3. The third-order valence-electron chi connectivity index (χ3n) is 4.70. The molecule has 0 aliphatic carbocycles. The second kappa shape index (κ2) is 9.01. The molecule has 29 heavy (non-hydrogen) atoms. The Hall–Kier alpha value is -2.99. The number of methoxy groups -OCH3 is 2. The van der Waals surface area contributed by atoms with E-state index >= 15 is 0 Å². The van der Waals surface area contributed by atoms with Gasteiger partial charge in [0, 0.05) is 25.2 Å². The molecule has 3 rings (SSSR count). The molecule has 6 nitrogen and oxygen atoms in total. The number of ether oxygens (including phenoxy) is 2. The summed E-state index contributed by atoms with van der Waals surface area (Å²) in [6.07, 6.45) is 0. The van der Waals surface area contributed by atoms with Gasteiger partial charge in [0.05, 0.1) is 32.0 Å². The Morgan fingerprint density at radius 2 is 1.86 bits per heavy atom. The van der Waals surface area contributed by atoms with Crippen LogP contribution in [0.5, 0.6) is 11.5 Å². The quantitative estimate of drug-likeness (QED) is 0.583. The first kappa shape index (κ1) is 20.7. The highest BCUT2D eigenvalue weighted by molar-refractivity contribution is 6.33. The van der Waals surface area contributed by atoms with Crippen molar-refractivity contribution in [3.8, 4) is 11.5 Å². The number of aryl methyl sites for hydroxylation is 1. The Balaban J connectivity index is 1.81. The van der Waals surface area contributed by atoms with E-state index in [0.717, 1.165) is 11.1 Å². The third kappa shape index (κ3) is 4.54. The summed E-state index contributed by atoms with van der Waals surface area (Å²) in [5.41, 5.74) is 2.95. The number of halogens is 1. The first-order chi connectivity index (χ1) is 13.9. The van der Waals surface area contributed by atoms with Gasteiger partial charge in [-0.25, -0.2) is 4.68 Å². The number of carbonyl (C=O) groups excluding carboxylic acids is 1. The number of hydrogen-bond donors (Lipinski definition) is 0. The molecule has 3 aromatic rings. The van der Waals surface area contributed by atoms with Crippen LogP contribution in [0.15, 0.2) is 48.5 Å². The maximum absolute atomic E-state index is 13.1. The summed E-state index contributed by atoms with van der Waals surface area (Å²) in [4.78, 5) is 14.7. The molecule has 0 aliphatic rings. The minimum atomic E-state index is -0.190. The molecule has 0 aliphatic heterocycles. The average Bonchev–Trinajstić information content (AvgIpc) is 3.01. The predicted molar refractivity (Wildman–Crippen MR) is 113 cm³/mol. The number of aromatic nitrogens is 2. The predicted octanol–water partition coefficient (Wildman–Crippen LogP) is 4.18. The number of amides is 1. The van der Waals surface area contributed by atoms with Gasteiger partial charge < -0.3 is 14.4 Å². The first-order valence-electron chi connectivity index (χ1n) is 9.17. The Labute approximate surface area is 175 Å². The van der Waals surface area contributed by atoms with Crippen molar-refractivity contribution in [3.05, 3.63) is 76.1 Å². The van der Waals surface area contributed by atoms with Crippen molar-refractivity contribution in [3.63, 3.8) is 0 Å². The normalized spacial score (nSPS) is 10.7. The monoisotopic (exact) mass is 413 g/mol. The van der Waals surface area contributed by atoms with Crippen LogP contribution in [0.25, 0.3) is 0 Å². The van der Waals surface area contributed by atoms with Crippen molar-refractivity contribution in [2.75, 3.05) is 21.3 Å². The van der Waals surface area contributed by atoms with E-state index in [1.54, 1.807) is 43.8 Å². The Morgan fingerprint density at radius 1 is 1.14 bits per heavy atom. The van der Waals surface area contributed by atoms with Crippen molar-refractivity contribution < 1.29 is 14.3 Å². The molecular weight excluding hydrogens is 390 g/mol. The number of carbonyl (C=O) groups is 1. The fourth-order valence-corrected chi connectivity index (χ4v) is 3.47. The van der Waals surface area contributed by atoms with Crippen LogP contribution in [0.4, 0.5) is 0 Å². The summed E-state index contributed by atoms with van der Waals surface area (Å²) in [5.74, 6) is 1.16. The van der Waals surface area contributed by atoms with Gasteiger partial charge in [0.2, 0.25) is 0 Å². The zero-order valence-corrected chi connectivity index (χ0v) is 17.7. The van der Waals surface area contributed by atoms with Crippen LogP contribution in [-0.4, -0.2) is 41.9 Å². The second-order valence-electron chi connectivity index (χ2n) is 6.73. The van der Waals surface area contributed by atoms with Gasteiger partial charge >= 0.3 is 0 Å². The molecule has 0 atom stereocenters. The van der Waals surface area contributed by atoms with Gasteiger partial charge in [-0.05, 0) is 24.6 Å². The molecule has 152 valence electrons. The maximum atomic E-state index is 13.1. The van der Waals surface area contributed by atoms with Crippen LogP contribution in [0, 0.1) is 6.92 Å². The lowest BCUT2D eigenvalue weighted by Crippen LogP contribution is -2.27. The van der Waals surface area contributed by atoms with Gasteiger partial charge in [-0.15, -0.1) is 0 Å². The van der Waals surface area contributed by atoms with Crippen molar-refractivity contribution in [1.29, 1.82) is 0 Å². The highest BCUT2D eigenvalue weighted by Crippen LogP contribution is 2.27. The van der Waals surface area contributed by atoms with Crippen LogP contribution in [0.3, 0.4) is 0 Å². The Kier molecular flexibility index (Phi) is 6.44. The molecule has 0 fully saturated rings. The molecule has 2 aromatic carbocycles. The van der Waals surface area contributed by atoms with Crippen LogP contribution >= 0.6 is 11.6 Å². The van der Waals surface area contributed by atoms with E-state index in [9.17, 15) is 4.79 Å². The van der Waals surface area contributed by atoms with E-state index in [1.165, 1.54) is 0 Å². The summed E-state index contributed by atoms with van der Waals surface area (Å²) in [6.45, 7) is 2.66. The average molecular weight is 414 g/mol. The Morgan fingerprint density at radius 3 is 2.52 bits per heavy atom. The summed E-state index contributed by atoms with van der Waals surface area (Å²) < 4.78 is 12.3. The van der Waals surface area contributed by atoms with E-state index in [1.807, 2.05) is 42.5 Å². The van der Waals surface area contributed by atoms with Gasteiger partial charge in [0.25, 0.3) is 5.91 Å².